The molecule has 0 unspecified atom stereocenters. The number of aromatic nitrogens is 4. The van der Waals surface area contributed by atoms with Gasteiger partial charge in [0, 0.05) is 0 Å². The van der Waals surface area contributed by atoms with Gasteiger partial charge in [-0.15, -0.1) is 0 Å². The zero-order valence-corrected chi connectivity index (χ0v) is 7.61. The summed E-state index contributed by atoms with van der Waals surface area (Å²) in [6.45, 7) is 2.34. The summed E-state index contributed by atoms with van der Waals surface area (Å²) in [5.41, 5.74) is 11.9. The van der Waals surface area contributed by atoms with E-state index in [-0.39, 0.29) is 11.9 Å². The van der Waals surface area contributed by atoms with Gasteiger partial charge in [0.25, 0.3) is 0 Å². The molecule has 7 heteroatoms. The van der Waals surface area contributed by atoms with E-state index in [1.165, 1.54) is 0 Å². The van der Waals surface area contributed by atoms with Gasteiger partial charge in [0.1, 0.15) is 5.52 Å². The number of nitrogens with one attached hydrogen (secondary N) is 1. The minimum atomic E-state index is 0.118. The van der Waals surface area contributed by atoms with E-state index in [2.05, 4.69) is 19.9 Å². The molecule has 74 valence electrons. The Morgan fingerprint density at radius 2 is 2.07 bits per heavy atom. The van der Waals surface area contributed by atoms with E-state index in [1.807, 2.05) is 6.92 Å². The Hall–Kier alpha value is -2.05. The predicted molar refractivity (Wildman–Crippen MR) is 51.7 cm³/mol. The van der Waals surface area contributed by atoms with Gasteiger partial charge in [0.05, 0.1) is 6.61 Å². The Morgan fingerprint density at radius 3 is 2.79 bits per heavy atom. The van der Waals surface area contributed by atoms with Crippen molar-refractivity contribution in [1.29, 1.82) is 0 Å². The maximum Gasteiger partial charge on any atom is 0.245 e. The van der Waals surface area contributed by atoms with E-state index < -0.39 is 0 Å². The summed E-state index contributed by atoms with van der Waals surface area (Å²) in [4.78, 5) is 14.6. The van der Waals surface area contributed by atoms with Crippen LogP contribution in [0.2, 0.25) is 0 Å². The second-order valence-corrected chi connectivity index (χ2v) is 2.64. The molecular weight excluding hydrogens is 184 g/mol. The Labute approximate surface area is 79.5 Å². The Bertz CT molecular complexity index is 464. The zero-order valence-electron chi connectivity index (χ0n) is 7.61. The highest BCUT2D eigenvalue weighted by molar-refractivity contribution is 5.79. The van der Waals surface area contributed by atoms with E-state index in [0.29, 0.717) is 23.7 Å². The maximum atomic E-state index is 5.47. The van der Waals surface area contributed by atoms with E-state index in [0.717, 1.165) is 0 Å². The standard InChI is InChI=1S/C7H10N6O/c1-2-14-5-3-4(11-6(8)10-3)12-7(9)13-5/h2H2,1H3,(H5,8,9,10,11,12,13). The number of nitrogen functional groups attached to an aromatic ring is 2. The van der Waals surface area contributed by atoms with Crippen LogP contribution in [-0.2, 0) is 0 Å². The number of nitrogens with zero attached hydrogens (tertiary/aromatic N) is 3. The number of fused-ring (bicyclic) bond motifs is 1. The molecule has 0 radical (unpaired) electrons. The molecule has 0 saturated carbocycles. The lowest BCUT2D eigenvalue weighted by Gasteiger charge is -2.02. The second kappa shape index (κ2) is 3.02. The molecule has 2 heterocycles. The van der Waals surface area contributed by atoms with Gasteiger partial charge in [0.15, 0.2) is 11.6 Å². The van der Waals surface area contributed by atoms with Crippen molar-refractivity contribution in [3.63, 3.8) is 0 Å². The van der Waals surface area contributed by atoms with Crippen LogP contribution < -0.4 is 16.2 Å². The van der Waals surface area contributed by atoms with E-state index in [1.54, 1.807) is 0 Å². The summed E-state index contributed by atoms with van der Waals surface area (Å²) in [6.07, 6.45) is 0. The Kier molecular flexibility index (Phi) is 1.84. The summed E-state index contributed by atoms with van der Waals surface area (Å²) >= 11 is 0. The van der Waals surface area contributed by atoms with Crippen molar-refractivity contribution in [3.8, 4) is 5.88 Å². The van der Waals surface area contributed by atoms with Gasteiger partial charge in [-0.3, -0.25) is 0 Å². The highest BCUT2D eigenvalue weighted by atomic mass is 16.5. The lowest BCUT2D eigenvalue weighted by molar-refractivity contribution is 0.331. The number of rotatable bonds is 2. The molecule has 0 aliphatic carbocycles. The Balaban J connectivity index is 2.66. The van der Waals surface area contributed by atoms with Gasteiger partial charge >= 0.3 is 0 Å². The predicted octanol–water partition coefficient (Wildman–Crippen LogP) is -0.0840. The molecule has 2 rings (SSSR count). The third-order valence-electron chi connectivity index (χ3n) is 1.63. The maximum absolute atomic E-state index is 5.47. The average molecular weight is 194 g/mol. The quantitative estimate of drug-likeness (QED) is 0.615. The zero-order chi connectivity index (χ0) is 10.1. The van der Waals surface area contributed by atoms with Crippen LogP contribution in [0.15, 0.2) is 0 Å². The van der Waals surface area contributed by atoms with Crippen LogP contribution in [0.25, 0.3) is 11.2 Å². The van der Waals surface area contributed by atoms with Crippen LogP contribution in [0.1, 0.15) is 6.92 Å². The first kappa shape index (κ1) is 8.54. The lowest BCUT2D eigenvalue weighted by Crippen LogP contribution is -2.01. The number of aromatic amines is 1. The molecule has 2 aromatic heterocycles. The van der Waals surface area contributed by atoms with Crippen LogP contribution in [0.3, 0.4) is 0 Å². The summed E-state index contributed by atoms with van der Waals surface area (Å²) in [6, 6.07) is 0. The number of ether oxygens (including phenoxy) is 1. The number of H-pyrrole nitrogens is 1. The van der Waals surface area contributed by atoms with Crippen molar-refractivity contribution in [2.24, 2.45) is 0 Å². The second-order valence-electron chi connectivity index (χ2n) is 2.64. The third kappa shape index (κ3) is 1.28. The molecule has 2 aromatic rings. The molecule has 0 aliphatic heterocycles. The number of hydrogen-bond donors (Lipinski definition) is 3. The first-order valence-electron chi connectivity index (χ1n) is 4.12. The van der Waals surface area contributed by atoms with Crippen molar-refractivity contribution in [2.45, 2.75) is 6.92 Å². The number of hydrogen-bond acceptors (Lipinski definition) is 6. The Morgan fingerprint density at radius 1 is 1.29 bits per heavy atom. The topological polar surface area (TPSA) is 116 Å². The average Bonchev–Trinajstić information content (AvgIpc) is 2.45. The van der Waals surface area contributed by atoms with Crippen molar-refractivity contribution >= 4 is 23.1 Å². The van der Waals surface area contributed by atoms with Gasteiger partial charge in [-0.05, 0) is 6.92 Å². The van der Waals surface area contributed by atoms with Gasteiger partial charge in [-0.1, -0.05) is 0 Å². The molecule has 0 fully saturated rings. The summed E-state index contributed by atoms with van der Waals surface area (Å²) < 4.78 is 5.26. The van der Waals surface area contributed by atoms with Crippen molar-refractivity contribution < 1.29 is 4.74 Å². The minimum Gasteiger partial charge on any atom is -0.476 e. The third-order valence-corrected chi connectivity index (χ3v) is 1.63. The molecule has 0 aliphatic rings. The fourth-order valence-electron chi connectivity index (χ4n) is 1.15. The van der Waals surface area contributed by atoms with Gasteiger partial charge in [-0.2, -0.15) is 15.0 Å². The fourth-order valence-corrected chi connectivity index (χ4v) is 1.15. The largest absolute Gasteiger partial charge is 0.476 e. The number of imidazole rings is 1. The normalized spacial score (nSPS) is 10.6. The molecule has 0 atom stereocenters. The van der Waals surface area contributed by atoms with Gasteiger partial charge in [0.2, 0.25) is 11.8 Å². The van der Waals surface area contributed by atoms with Crippen LogP contribution >= 0.6 is 0 Å². The number of anilines is 2. The highest BCUT2D eigenvalue weighted by Crippen LogP contribution is 2.21. The SMILES string of the molecule is CCOc1nc(N)nc2nc(N)[nH]c12. The van der Waals surface area contributed by atoms with Crippen LogP contribution in [0.4, 0.5) is 11.9 Å². The van der Waals surface area contributed by atoms with Crippen LogP contribution in [0.5, 0.6) is 5.88 Å². The molecule has 14 heavy (non-hydrogen) atoms. The van der Waals surface area contributed by atoms with Crippen molar-refractivity contribution in [2.75, 3.05) is 18.1 Å². The fraction of sp³-hybridized carbons (Fsp3) is 0.286. The molecule has 0 aromatic carbocycles. The molecule has 0 amide bonds. The molecule has 7 nitrogen and oxygen atoms in total. The summed E-state index contributed by atoms with van der Waals surface area (Å²) in [7, 11) is 0. The highest BCUT2D eigenvalue weighted by Gasteiger charge is 2.10. The molecule has 0 bridgehead atoms. The summed E-state index contributed by atoms with van der Waals surface area (Å²) in [5, 5.41) is 0. The first-order valence-corrected chi connectivity index (χ1v) is 4.12. The van der Waals surface area contributed by atoms with Crippen molar-refractivity contribution in [3.05, 3.63) is 0 Å². The van der Waals surface area contributed by atoms with E-state index in [9.17, 15) is 0 Å². The van der Waals surface area contributed by atoms with E-state index in [4.69, 9.17) is 16.2 Å². The van der Waals surface area contributed by atoms with Gasteiger partial charge in [-0.25, -0.2) is 0 Å². The van der Waals surface area contributed by atoms with Crippen molar-refractivity contribution in [1.82, 2.24) is 19.9 Å². The van der Waals surface area contributed by atoms with Crippen LogP contribution in [0, 0.1) is 0 Å². The summed E-state index contributed by atoms with van der Waals surface area (Å²) in [5.74, 6) is 0.757. The smallest absolute Gasteiger partial charge is 0.245 e. The molecule has 0 saturated heterocycles. The first-order chi connectivity index (χ1) is 6.70. The lowest BCUT2D eigenvalue weighted by atomic mass is 10.5. The monoisotopic (exact) mass is 194 g/mol. The van der Waals surface area contributed by atoms with Gasteiger partial charge < -0.3 is 21.2 Å². The minimum absolute atomic E-state index is 0.118. The van der Waals surface area contributed by atoms with E-state index >= 15 is 0 Å². The molecule has 5 N–H and O–H groups in total. The number of nitrogens with two attached hydrogens (primary N) is 2. The van der Waals surface area contributed by atoms with Crippen LogP contribution in [-0.4, -0.2) is 26.5 Å². The molecule has 0 spiro atoms. The molecular formula is C7H10N6O.